The third kappa shape index (κ3) is 3.47. The van der Waals surface area contributed by atoms with E-state index < -0.39 is 0 Å². The zero-order valence-corrected chi connectivity index (χ0v) is 11.0. The molecule has 1 aromatic carbocycles. The summed E-state index contributed by atoms with van der Waals surface area (Å²) in [5, 5.41) is 0.665. The Labute approximate surface area is 103 Å². The first-order valence-electron chi connectivity index (χ1n) is 4.66. The van der Waals surface area contributed by atoms with Crippen LogP contribution in [0.15, 0.2) is 28.2 Å². The highest BCUT2D eigenvalue weighted by molar-refractivity contribution is 9.10. The minimum atomic E-state index is 0.216. The molecule has 0 amide bonds. The summed E-state index contributed by atoms with van der Waals surface area (Å²) in [6.07, 6.45) is 2.74. The minimum absolute atomic E-state index is 0.216. The van der Waals surface area contributed by atoms with E-state index in [4.69, 9.17) is 11.6 Å². The van der Waals surface area contributed by atoms with E-state index >= 15 is 0 Å². The summed E-state index contributed by atoms with van der Waals surface area (Å²) in [4.78, 5) is 10.8. The molecule has 0 saturated heterocycles. The number of rotatable bonds is 3. The number of benzene rings is 1. The topological polar surface area (TPSA) is 17.1 Å². The molecule has 80 valence electrons. The predicted molar refractivity (Wildman–Crippen MR) is 68.0 cm³/mol. The number of allylic oxidation sites excluding steroid dienone is 1. The van der Waals surface area contributed by atoms with Crippen LogP contribution in [0.1, 0.15) is 19.4 Å². The monoisotopic (exact) mass is 286 g/mol. The first-order valence-corrected chi connectivity index (χ1v) is 5.83. The maximum absolute atomic E-state index is 10.8. The van der Waals surface area contributed by atoms with Crippen LogP contribution in [0.4, 0.5) is 0 Å². The largest absolute Gasteiger partial charge is 0.298 e. The van der Waals surface area contributed by atoms with Crippen LogP contribution in [0.25, 0.3) is 6.08 Å². The van der Waals surface area contributed by atoms with Crippen molar-refractivity contribution in [1.29, 1.82) is 0 Å². The highest BCUT2D eigenvalue weighted by Gasteiger charge is 2.04. The lowest BCUT2D eigenvalue weighted by atomic mass is 10.0. The lowest BCUT2D eigenvalue weighted by molar-refractivity contribution is -0.105. The van der Waals surface area contributed by atoms with E-state index in [1.54, 1.807) is 6.07 Å². The summed E-state index contributed by atoms with van der Waals surface area (Å²) in [5.41, 5.74) is 1.69. The fraction of sp³-hybridized carbons (Fsp3) is 0.250. The third-order valence-corrected chi connectivity index (χ3v) is 3.04. The van der Waals surface area contributed by atoms with E-state index in [1.165, 1.54) is 0 Å². The van der Waals surface area contributed by atoms with Crippen LogP contribution in [0.5, 0.6) is 0 Å². The summed E-state index contributed by atoms with van der Waals surface area (Å²) < 4.78 is 0.937. The summed E-state index contributed by atoms with van der Waals surface area (Å²) >= 11 is 9.30. The van der Waals surface area contributed by atoms with Gasteiger partial charge in [-0.15, -0.1) is 0 Å². The van der Waals surface area contributed by atoms with Gasteiger partial charge in [0.2, 0.25) is 0 Å². The molecule has 0 spiro atoms. The van der Waals surface area contributed by atoms with Crippen LogP contribution in [0.2, 0.25) is 5.02 Å². The second kappa shape index (κ2) is 5.47. The van der Waals surface area contributed by atoms with Crippen LogP contribution >= 0.6 is 27.5 Å². The zero-order valence-electron chi connectivity index (χ0n) is 8.63. The van der Waals surface area contributed by atoms with Crippen molar-refractivity contribution in [2.75, 3.05) is 0 Å². The quantitative estimate of drug-likeness (QED) is 0.597. The van der Waals surface area contributed by atoms with Crippen molar-refractivity contribution in [1.82, 2.24) is 0 Å². The smallest absolute Gasteiger partial charge is 0.146 e. The van der Waals surface area contributed by atoms with Crippen molar-refractivity contribution in [3.05, 3.63) is 38.8 Å². The van der Waals surface area contributed by atoms with Crippen molar-refractivity contribution in [2.24, 2.45) is 5.92 Å². The van der Waals surface area contributed by atoms with Crippen molar-refractivity contribution < 1.29 is 4.79 Å². The number of hydrogen-bond donors (Lipinski definition) is 0. The lowest BCUT2D eigenvalue weighted by Crippen LogP contribution is -1.95. The van der Waals surface area contributed by atoms with Crippen molar-refractivity contribution in [3.8, 4) is 0 Å². The van der Waals surface area contributed by atoms with Gasteiger partial charge in [-0.2, -0.15) is 0 Å². The number of carbonyl (C=O) groups excluding carboxylic acids is 1. The number of aldehydes is 1. The predicted octanol–water partition coefficient (Wildman–Crippen LogP) is 4.34. The summed E-state index contributed by atoms with van der Waals surface area (Å²) in [7, 11) is 0. The van der Waals surface area contributed by atoms with E-state index in [0.29, 0.717) is 5.02 Å². The van der Waals surface area contributed by atoms with Crippen LogP contribution in [-0.4, -0.2) is 6.29 Å². The highest BCUT2D eigenvalue weighted by atomic mass is 79.9. The Balaban J connectivity index is 3.16. The second-order valence-corrected chi connectivity index (χ2v) is 4.87. The Bertz CT molecular complexity index is 397. The molecule has 0 saturated carbocycles. The molecule has 0 aliphatic heterocycles. The molecule has 0 N–H and O–H groups in total. The van der Waals surface area contributed by atoms with Crippen LogP contribution in [-0.2, 0) is 4.79 Å². The van der Waals surface area contributed by atoms with Crippen LogP contribution < -0.4 is 0 Å². The fourth-order valence-corrected chi connectivity index (χ4v) is 1.68. The van der Waals surface area contributed by atoms with Gasteiger partial charge in [-0.3, -0.25) is 4.79 Å². The molecule has 1 aromatic rings. The standard InChI is InChI=1S/C12H12BrClO/c1-8(2)10(7-15)5-9-6-11(14)3-4-12(9)13/h3-8H,1-2H3. The molecule has 15 heavy (non-hydrogen) atoms. The molecular weight excluding hydrogens is 275 g/mol. The van der Waals surface area contributed by atoms with Gasteiger partial charge in [-0.1, -0.05) is 41.4 Å². The van der Waals surface area contributed by atoms with E-state index in [-0.39, 0.29) is 5.92 Å². The average molecular weight is 288 g/mol. The van der Waals surface area contributed by atoms with Crippen molar-refractivity contribution >= 4 is 39.9 Å². The van der Waals surface area contributed by atoms with Crippen LogP contribution in [0.3, 0.4) is 0 Å². The average Bonchev–Trinajstić information content (AvgIpc) is 2.18. The summed E-state index contributed by atoms with van der Waals surface area (Å²) in [6.45, 7) is 3.97. The number of halogens is 2. The number of carbonyl (C=O) groups is 1. The third-order valence-electron chi connectivity index (χ3n) is 2.08. The molecule has 0 aliphatic rings. The van der Waals surface area contributed by atoms with Gasteiger partial charge in [0.15, 0.2) is 0 Å². The highest BCUT2D eigenvalue weighted by Crippen LogP contribution is 2.24. The molecule has 1 nitrogen and oxygen atoms in total. The maximum Gasteiger partial charge on any atom is 0.146 e. The molecule has 0 fully saturated rings. The van der Waals surface area contributed by atoms with Gasteiger partial charge in [0, 0.05) is 9.50 Å². The lowest BCUT2D eigenvalue weighted by Gasteiger charge is -2.05. The minimum Gasteiger partial charge on any atom is -0.298 e. The molecular formula is C12H12BrClO. The van der Waals surface area contributed by atoms with Gasteiger partial charge >= 0.3 is 0 Å². The van der Waals surface area contributed by atoms with E-state index in [9.17, 15) is 4.79 Å². The van der Waals surface area contributed by atoms with Gasteiger partial charge in [-0.05, 0) is 41.3 Å². The molecule has 0 heterocycles. The Hall–Kier alpha value is -0.600. The van der Waals surface area contributed by atoms with E-state index in [2.05, 4.69) is 15.9 Å². The van der Waals surface area contributed by atoms with Gasteiger partial charge in [-0.25, -0.2) is 0 Å². The molecule has 0 aliphatic carbocycles. The molecule has 3 heteroatoms. The van der Waals surface area contributed by atoms with Gasteiger partial charge in [0.1, 0.15) is 6.29 Å². The van der Waals surface area contributed by atoms with Crippen LogP contribution in [0, 0.1) is 5.92 Å². The second-order valence-electron chi connectivity index (χ2n) is 3.58. The van der Waals surface area contributed by atoms with Crippen molar-refractivity contribution in [3.63, 3.8) is 0 Å². The Morgan fingerprint density at radius 2 is 2.13 bits per heavy atom. The zero-order chi connectivity index (χ0) is 11.4. The SMILES string of the molecule is CC(C)C(C=O)=Cc1cc(Cl)ccc1Br. The van der Waals surface area contributed by atoms with Crippen molar-refractivity contribution in [2.45, 2.75) is 13.8 Å². The Kier molecular flexibility index (Phi) is 4.55. The summed E-state index contributed by atoms with van der Waals surface area (Å²) in [6, 6.07) is 5.51. The Morgan fingerprint density at radius 3 is 2.67 bits per heavy atom. The van der Waals surface area contributed by atoms with E-state index in [1.807, 2.05) is 32.1 Å². The van der Waals surface area contributed by atoms with Gasteiger partial charge in [0.05, 0.1) is 0 Å². The van der Waals surface area contributed by atoms with Gasteiger partial charge < -0.3 is 0 Å². The van der Waals surface area contributed by atoms with Gasteiger partial charge in [0.25, 0.3) is 0 Å². The molecule has 0 bridgehead atoms. The first-order chi connectivity index (χ1) is 7.04. The molecule has 0 radical (unpaired) electrons. The van der Waals surface area contributed by atoms with E-state index in [0.717, 1.165) is 21.9 Å². The normalized spacial score (nSPS) is 11.9. The molecule has 0 aromatic heterocycles. The molecule has 0 unspecified atom stereocenters. The fourth-order valence-electron chi connectivity index (χ4n) is 1.14. The first kappa shape index (κ1) is 12.5. The maximum atomic E-state index is 10.8. The summed E-state index contributed by atoms with van der Waals surface area (Å²) in [5.74, 6) is 0.216. The number of hydrogen-bond acceptors (Lipinski definition) is 1. The molecule has 0 atom stereocenters. The molecule has 1 rings (SSSR count). The Morgan fingerprint density at radius 1 is 1.47 bits per heavy atom.